The van der Waals surface area contributed by atoms with Crippen LogP contribution in [0.15, 0.2) is 70.3 Å². The molecule has 0 atom stereocenters. The number of likely N-dealkylation sites (N-methyl/N-ethyl adjacent to an activating group) is 1. The quantitative estimate of drug-likeness (QED) is 0.203. The van der Waals surface area contributed by atoms with Crippen molar-refractivity contribution >= 4 is 29.9 Å². The van der Waals surface area contributed by atoms with Crippen LogP contribution in [0, 0.1) is 0 Å². The molecule has 2 N–H and O–H groups in total. The average molecular weight is 563 g/mol. The summed E-state index contributed by atoms with van der Waals surface area (Å²) in [5.41, 5.74) is 2.93. The number of oxazole rings is 1. The van der Waals surface area contributed by atoms with Crippen molar-refractivity contribution < 1.29 is 9.15 Å². The van der Waals surface area contributed by atoms with E-state index in [1.807, 2.05) is 42.5 Å². The maximum absolute atomic E-state index is 5.85. The lowest BCUT2D eigenvalue weighted by atomic mass is 10.2. The average Bonchev–Trinajstić information content (AvgIpc) is 3.32. The Bertz CT molecular complexity index is 956. The van der Waals surface area contributed by atoms with Crippen LogP contribution in [-0.4, -0.2) is 49.1 Å². The number of nitrogens with zero attached hydrogens (tertiary/aromatic N) is 3. The fourth-order valence-corrected chi connectivity index (χ4v) is 3.22. The zero-order valence-electron chi connectivity index (χ0n) is 19.6. The lowest BCUT2D eigenvalue weighted by Gasteiger charge is -2.18. The Labute approximate surface area is 213 Å². The first-order chi connectivity index (χ1) is 15.7. The van der Waals surface area contributed by atoms with Gasteiger partial charge in [-0.25, -0.2) is 4.98 Å². The molecule has 33 heavy (non-hydrogen) atoms. The fraction of sp³-hybridized carbons (Fsp3) is 0.360. The van der Waals surface area contributed by atoms with Gasteiger partial charge in [0.25, 0.3) is 0 Å². The molecule has 1 heterocycles. The number of ether oxygens (including phenoxy) is 1. The highest BCUT2D eigenvalue weighted by molar-refractivity contribution is 14.0. The molecule has 7 nitrogen and oxygen atoms in total. The van der Waals surface area contributed by atoms with Crippen LogP contribution in [-0.2, 0) is 13.1 Å². The molecule has 0 unspecified atom stereocenters. The molecule has 0 saturated carbocycles. The zero-order valence-corrected chi connectivity index (χ0v) is 21.9. The van der Waals surface area contributed by atoms with Crippen molar-refractivity contribution in [3.8, 4) is 17.2 Å². The molecule has 0 aliphatic rings. The van der Waals surface area contributed by atoms with Crippen molar-refractivity contribution in [2.75, 3.05) is 33.3 Å². The van der Waals surface area contributed by atoms with Crippen molar-refractivity contribution in [2.24, 2.45) is 4.99 Å². The van der Waals surface area contributed by atoms with E-state index in [1.54, 1.807) is 13.3 Å². The first-order valence-electron chi connectivity index (χ1n) is 11.1. The van der Waals surface area contributed by atoms with Gasteiger partial charge < -0.3 is 24.7 Å². The van der Waals surface area contributed by atoms with Gasteiger partial charge in [-0.15, -0.1) is 24.0 Å². The van der Waals surface area contributed by atoms with E-state index in [2.05, 4.69) is 51.5 Å². The Kier molecular flexibility index (Phi) is 11.7. The highest BCUT2D eigenvalue weighted by Gasteiger charge is 2.07. The minimum absolute atomic E-state index is 0. The maximum Gasteiger partial charge on any atom is 0.226 e. The lowest BCUT2D eigenvalue weighted by molar-refractivity contribution is 0.223. The fourth-order valence-electron chi connectivity index (χ4n) is 3.22. The summed E-state index contributed by atoms with van der Waals surface area (Å²) < 4.78 is 11.4. The largest absolute Gasteiger partial charge is 0.492 e. The summed E-state index contributed by atoms with van der Waals surface area (Å²) in [6, 6.07) is 18.0. The zero-order chi connectivity index (χ0) is 22.6. The SMILES string of the molecule is CCN(CC)CCOc1ccc(CNC(=NC)NCc2coc(-c3ccccc3)n2)cc1.I. The molecule has 8 heteroatoms. The molecule has 0 fully saturated rings. The van der Waals surface area contributed by atoms with Gasteiger partial charge in [-0.3, -0.25) is 4.99 Å². The van der Waals surface area contributed by atoms with Gasteiger partial charge in [0.05, 0.1) is 12.2 Å². The molecule has 0 amide bonds. The summed E-state index contributed by atoms with van der Waals surface area (Å²) in [4.78, 5) is 11.2. The number of rotatable bonds is 11. The van der Waals surface area contributed by atoms with Gasteiger partial charge in [-0.1, -0.05) is 44.2 Å². The van der Waals surface area contributed by atoms with Crippen molar-refractivity contribution in [2.45, 2.75) is 26.9 Å². The summed E-state index contributed by atoms with van der Waals surface area (Å²) in [5, 5.41) is 6.59. The molecule has 1 aromatic heterocycles. The van der Waals surface area contributed by atoms with E-state index in [0.29, 0.717) is 31.5 Å². The number of nitrogens with one attached hydrogen (secondary N) is 2. The number of guanidine groups is 1. The number of benzene rings is 2. The van der Waals surface area contributed by atoms with Crippen LogP contribution in [0.3, 0.4) is 0 Å². The topological polar surface area (TPSA) is 74.9 Å². The predicted octanol–water partition coefficient (Wildman–Crippen LogP) is 4.55. The first kappa shape index (κ1) is 26.7. The Morgan fingerprint density at radius 1 is 1.00 bits per heavy atom. The van der Waals surface area contributed by atoms with Crippen molar-refractivity contribution in [1.82, 2.24) is 20.5 Å². The molecule has 0 radical (unpaired) electrons. The van der Waals surface area contributed by atoms with Gasteiger partial charge in [0.2, 0.25) is 5.89 Å². The number of halogens is 1. The van der Waals surface area contributed by atoms with Crippen LogP contribution >= 0.6 is 24.0 Å². The summed E-state index contributed by atoms with van der Waals surface area (Å²) in [6.45, 7) is 9.25. The van der Waals surface area contributed by atoms with Gasteiger partial charge in [-0.05, 0) is 42.9 Å². The van der Waals surface area contributed by atoms with Crippen LogP contribution < -0.4 is 15.4 Å². The first-order valence-corrected chi connectivity index (χ1v) is 11.1. The summed E-state index contributed by atoms with van der Waals surface area (Å²) in [6.07, 6.45) is 1.67. The lowest BCUT2D eigenvalue weighted by Crippen LogP contribution is -2.36. The molecule has 3 rings (SSSR count). The predicted molar refractivity (Wildman–Crippen MR) is 144 cm³/mol. The summed E-state index contributed by atoms with van der Waals surface area (Å²) >= 11 is 0. The molecule has 0 spiro atoms. The van der Waals surface area contributed by atoms with E-state index in [4.69, 9.17) is 9.15 Å². The third-order valence-electron chi connectivity index (χ3n) is 5.19. The molecule has 0 bridgehead atoms. The number of aromatic nitrogens is 1. The Hall–Kier alpha value is -2.59. The Balaban J connectivity index is 0.00000385. The van der Waals surface area contributed by atoms with Crippen molar-refractivity contribution in [3.63, 3.8) is 0 Å². The van der Waals surface area contributed by atoms with E-state index in [1.165, 1.54) is 0 Å². The Morgan fingerprint density at radius 2 is 1.70 bits per heavy atom. The van der Waals surface area contributed by atoms with E-state index in [-0.39, 0.29) is 24.0 Å². The standard InChI is InChI=1S/C25H33N5O2.HI/c1-4-30(5-2)15-16-31-23-13-11-20(12-14-23)17-27-25(26-3)28-18-22-19-32-24(29-22)21-9-7-6-8-10-21;/h6-14,19H,4-5,15-18H2,1-3H3,(H2,26,27,28);1H. The van der Waals surface area contributed by atoms with E-state index in [0.717, 1.165) is 42.2 Å². The maximum atomic E-state index is 5.85. The van der Waals surface area contributed by atoms with Gasteiger partial charge >= 0.3 is 0 Å². The summed E-state index contributed by atoms with van der Waals surface area (Å²) in [7, 11) is 1.75. The summed E-state index contributed by atoms with van der Waals surface area (Å²) in [5.74, 6) is 2.21. The van der Waals surface area contributed by atoms with Gasteiger partial charge in [0.15, 0.2) is 5.96 Å². The van der Waals surface area contributed by atoms with Crippen molar-refractivity contribution in [3.05, 3.63) is 72.1 Å². The second-order valence-electron chi connectivity index (χ2n) is 7.31. The van der Waals surface area contributed by atoms with Crippen LogP contribution in [0.2, 0.25) is 0 Å². The smallest absolute Gasteiger partial charge is 0.226 e. The Morgan fingerprint density at radius 3 is 2.36 bits per heavy atom. The highest BCUT2D eigenvalue weighted by Crippen LogP contribution is 2.17. The monoisotopic (exact) mass is 563 g/mol. The number of hydrogen-bond donors (Lipinski definition) is 2. The van der Waals surface area contributed by atoms with Crippen LogP contribution in [0.5, 0.6) is 5.75 Å². The van der Waals surface area contributed by atoms with Crippen LogP contribution in [0.4, 0.5) is 0 Å². The third kappa shape index (κ3) is 8.70. The third-order valence-corrected chi connectivity index (χ3v) is 5.19. The number of hydrogen-bond acceptors (Lipinski definition) is 5. The molecule has 0 aliphatic carbocycles. The molecule has 0 aliphatic heterocycles. The minimum atomic E-state index is 0. The van der Waals surface area contributed by atoms with Crippen molar-refractivity contribution in [1.29, 1.82) is 0 Å². The number of aliphatic imine (C=N–C) groups is 1. The van der Waals surface area contributed by atoms with E-state index in [9.17, 15) is 0 Å². The molecule has 3 aromatic rings. The van der Waals surface area contributed by atoms with Crippen LogP contribution in [0.1, 0.15) is 25.1 Å². The molecular weight excluding hydrogens is 529 g/mol. The highest BCUT2D eigenvalue weighted by atomic mass is 127. The second kappa shape index (κ2) is 14.5. The second-order valence-corrected chi connectivity index (χ2v) is 7.31. The van der Waals surface area contributed by atoms with E-state index >= 15 is 0 Å². The molecule has 0 saturated heterocycles. The van der Waals surface area contributed by atoms with Gasteiger partial charge in [0, 0.05) is 25.7 Å². The van der Waals surface area contributed by atoms with Crippen LogP contribution in [0.25, 0.3) is 11.5 Å². The molecule has 178 valence electrons. The van der Waals surface area contributed by atoms with Gasteiger partial charge in [-0.2, -0.15) is 0 Å². The molecular formula is C25H34IN5O2. The van der Waals surface area contributed by atoms with E-state index < -0.39 is 0 Å². The minimum Gasteiger partial charge on any atom is -0.492 e. The molecule has 2 aromatic carbocycles. The normalized spacial score (nSPS) is 11.2. The van der Waals surface area contributed by atoms with Gasteiger partial charge in [0.1, 0.15) is 18.6 Å².